The third kappa shape index (κ3) is 2.78. The summed E-state index contributed by atoms with van der Waals surface area (Å²) in [7, 11) is 1.29. The zero-order valence-corrected chi connectivity index (χ0v) is 12.1. The van der Waals surface area contributed by atoms with Crippen molar-refractivity contribution >= 4 is 23.5 Å². The largest absolute Gasteiger partial charge is 0.467 e. The van der Waals surface area contributed by atoms with E-state index in [1.807, 2.05) is 13.0 Å². The first-order valence-corrected chi connectivity index (χ1v) is 6.65. The zero-order chi connectivity index (χ0) is 14.7. The van der Waals surface area contributed by atoms with E-state index in [1.54, 1.807) is 12.1 Å². The number of esters is 1. The van der Waals surface area contributed by atoms with Gasteiger partial charge < -0.3 is 14.4 Å². The third-order valence-corrected chi connectivity index (χ3v) is 3.79. The van der Waals surface area contributed by atoms with Gasteiger partial charge in [0, 0.05) is 6.54 Å². The highest BCUT2D eigenvalue weighted by molar-refractivity contribution is 6.34. The topological polar surface area (TPSA) is 55.8 Å². The van der Waals surface area contributed by atoms with Crippen LogP contribution in [0.5, 0.6) is 0 Å². The summed E-state index contributed by atoms with van der Waals surface area (Å²) < 4.78 is 9.96. The predicted molar refractivity (Wildman–Crippen MR) is 73.8 cm³/mol. The number of methoxy groups -OCH3 is 1. The van der Waals surface area contributed by atoms with E-state index in [1.165, 1.54) is 12.0 Å². The quantitative estimate of drug-likeness (QED) is 0.779. The molecule has 0 bridgehead atoms. The summed E-state index contributed by atoms with van der Waals surface area (Å²) in [5.41, 5.74) is 1.21. The molecule has 1 aromatic carbocycles. The fraction of sp³-hybridized carbons (Fsp3) is 0.429. The summed E-state index contributed by atoms with van der Waals surface area (Å²) in [5.74, 6) is -0.765. The Hall–Kier alpha value is -1.59. The van der Waals surface area contributed by atoms with Gasteiger partial charge >= 0.3 is 5.97 Å². The Bertz CT molecular complexity index is 532. The minimum atomic E-state index is -0.724. The Morgan fingerprint density at radius 2 is 2.20 bits per heavy atom. The molecule has 2 rings (SSSR count). The fourth-order valence-corrected chi connectivity index (χ4v) is 2.35. The summed E-state index contributed by atoms with van der Waals surface area (Å²) in [6.45, 7) is 2.70. The minimum Gasteiger partial charge on any atom is -0.467 e. The van der Waals surface area contributed by atoms with Gasteiger partial charge in [0.25, 0.3) is 5.91 Å². The van der Waals surface area contributed by atoms with Crippen LogP contribution in [-0.2, 0) is 14.3 Å². The number of carbonyl (C=O) groups excluding carboxylic acids is 2. The first-order valence-electron chi connectivity index (χ1n) is 6.28. The highest BCUT2D eigenvalue weighted by atomic mass is 35.5. The van der Waals surface area contributed by atoms with Gasteiger partial charge in [-0.15, -0.1) is 0 Å². The van der Waals surface area contributed by atoms with E-state index in [2.05, 4.69) is 0 Å². The molecule has 1 aromatic rings. The molecule has 0 spiro atoms. The van der Waals surface area contributed by atoms with Gasteiger partial charge in [-0.25, -0.2) is 4.79 Å². The van der Waals surface area contributed by atoms with Crippen molar-refractivity contribution in [3.05, 3.63) is 34.3 Å². The van der Waals surface area contributed by atoms with Crippen molar-refractivity contribution in [2.45, 2.75) is 13.0 Å². The standard InChI is InChI=1S/C14H16ClNO4/c1-9-4-3-5-10(12(9)15)13(17)16-6-7-20-8-11(16)14(18)19-2/h3-5,11H,6-8H2,1-2H3. The van der Waals surface area contributed by atoms with Crippen LogP contribution in [0.15, 0.2) is 18.2 Å². The molecule has 0 N–H and O–H groups in total. The SMILES string of the molecule is COC(=O)C1COCCN1C(=O)c1cccc(C)c1Cl. The second kappa shape index (κ2) is 6.24. The van der Waals surface area contributed by atoms with Crippen LogP contribution in [0.2, 0.25) is 5.02 Å². The number of ether oxygens (including phenoxy) is 2. The van der Waals surface area contributed by atoms with Crippen LogP contribution < -0.4 is 0 Å². The van der Waals surface area contributed by atoms with Gasteiger partial charge in [0.15, 0.2) is 6.04 Å². The highest BCUT2D eigenvalue weighted by Crippen LogP contribution is 2.23. The second-order valence-electron chi connectivity index (χ2n) is 4.55. The average Bonchev–Trinajstić information content (AvgIpc) is 2.48. The van der Waals surface area contributed by atoms with Crippen molar-refractivity contribution in [2.24, 2.45) is 0 Å². The van der Waals surface area contributed by atoms with Crippen LogP contribution in [0, 0.1) is 6.92 Å². The predicted octanol–water partition coefficient (Wildman–Crippen LogP) is 1.66. The fourth-order valence-electron chi connectivity index (χ4n) is 2.15. The van der Waals surface area contributed by atoms with Crippen LogP contribution in [0.4, 0.5) is 0 Å². The average molecular weight is 298 g/mol. The lowest BCUT2D eigenvalue weighted by Crippen LogP contribution is -2.53. The zero-order valence-electron chi connectivity index (χ0n) is 11.4. The molecule has 1 aliphatic heterocycles. The summed E-state index contributed by atoms with van der Waals surface area (Å²) in [4.78, 5) is 25.8. The number of rotatable bonds is 2. The smallest absolute Gasteiger partial charge is 0.331 e. The summed E-state index contributed by atoms with van der Waals surface area (Å²) in [6, 6.07) is 4.53. The van der Waals surface area contributed by atoms with Gasteiger partial charge in [-0.3, -0.25) is 4.79 Å². The first-order chi connectivity index (χ1) is 9.56. The van der Waals surface area contributed by atoms with Crippen LogP contribution in [0.1, 0.15) is 15.9 Å². The van der Waals surface area contributed by atoms with E-state index in [-0.39, 0.29) is 12.5 Å². The molecule has 1 aliphatic rings. The molecule has 0 radical (unpaired) electrons. The molecule has 1 heterocycles. The number of hydrogen-bond donors (Lipinski definition) is 0. The molecule has 6 heteroatoms. The van der Waals surface area contributed by atoms with Crippen molar-refractivity contribution in [3.63, 3.8) is 0 Å². The lowest BCUT2D eigenvalue weighted by atomic mass is 10.1. The van der Waals surface area contributed by atoms with Gasteiger partial charge in [-0.1, -0.05) is 23.7 Å². The molecule has 5 nitrogen and oxygen atoms in total. The lowest BCUT2D eigenvalue weighted by Gasteiger charge is -2.33. The highest BCUT2D eigenvalue weighted by Gasteiger charge is 2.34. The van der Waals surface area contributed by atoms with Gasteiger partial charge in [0.1, 0.15) is 0 Å². The van der Waals surface area contributed by atoms with Crippen molar-refractivity contribution in [1.82, 2.24) is 4.90 Å². The number of halogens is 1. The van der Waals surface area contributed by atoms with Crippen molar-refractivity contribution in [1.29, 1.82) is 0 Å². The molecule has 0 aromatic heterocycles. The number of benzene rings is 1. The summed E-state index contributed by atoms with van der Waals surface area (Å²) in [6.07, 6.45) is 0. The molecule has 0 aliphatic carbocycles. The number of amides is 1. The number of aryl methyl sites for hydroxylation is 1. The Labute approximate surface area is 122 Å². The van der Waals surface area contributed by atoms with Gasteiger partial charge in [-0.2, -0.15) is 0 Å². The maximum absolute atomic E-state index is 12.6. The number of hydrogen-bond acceptors (Lipinski definition) is 4. The minimum absolute atomic E-state index is 0.141. The van der Waals surface area contributed by atoms with Crippen molar-refractivity contribution in [2.75, 3.05) is 26.9 Å². The molecule has 1 saturated heterocycles. The van der Waals surface area contributed by atoms with E-state index in [0.29, 0.717) is 23.7 Å². The Morgan fingerprint density at radius 1 is 1.45 bits per heavy atom. The number of morpholine rings is 1. The van der Waals surface area contributed by atoms with E-state index < -0.39 is 12.0 Å². The van der Waals surface area contributed by atoms with Crippen LogP contribution in [-0.4, -0.2) is 49.7 Å². The monoisotopic (exact) mass is 297 g/mol. The third-order valence-electron chi connectivity index (χ3n) is 3.28. The molecular formula is C14H16ClNO4. The van der Waals surface area contributed by atoms with Gasteiger partial charge in [0.2, 0.25) is 0 Å². The normalized spacial score (nSPS) is 18.8. The molecule has 1 unspecified atom stereocenters. The molecule has 1 fully saturated rings. The molecule has 1 amide bonds. The van der Waals surface area contributed by atoms with Gasteiger partial charge in [-0.05, 0) is 18.6 Å². The van der Waals surface area contributed by atoms with E-state index in [9.17, 15) is 9.59 Å². The van der Waals surface area contributed by atoms with Crippen molar-refractivity contribution < 1.29 is 19.1 Å². The molecule has 108 valence electrons. The maximum atomic E-state index is 12.6. The molecule has 1 atom stereocenters. The van der Waals surface area contributed by atoms with E-state index in [0.717, 1.165) is 5.56 Å². The lowest BCUT2D eigenvalue weighted by molar-refractivity contribution is -0.151. The Morgan fingerprint density at radius 3 is 2.90 bits per heavy atom. The van der Waals surface area contributed by atoms with E-state index >= 15 is 0 Å². The van der Waals surface area contributed by atoms with E-state index in [4.69, 9.17) is 21.1 Å². The second-order valence-corrected chi connectivity index (χ2v) is 4.93. The van der Waals surface area contributed by atoms with Crippen molar-refractivity contribution in [3.8, 4) is 0 Å². The maximum Gasteiger partial charge on any atom is 0.331 e. The Kier molecular flexibility index (Phi) is 4.62. The Balaban J connectivity index is 2.30. The molecular weight excluding hydrogens is 282 g/mol. The summed E-state index contributed by atoms with van der Waals surface area (Å²) >= 11 is 6.17. The van der Waals surface area contributed by atoms with Crippen LogP contribution in [0.3, 0.4) is 0 Å². The molecule has 0 saturated carbocycles. The van der Waals surface area contributed by atoms with Gasteiger partial charge in [0.05, 0.1) is 30.9 Å². The van der Waals surface area contributed by atoms with Crippen LogP contribution in [0.25, 0.3) is 0 Å². The number of carbonyl (C=O) groups is 2. The van der Waals surface area contributed by atoms with Crippen LogP contribution >= 0.6 is 11.6 Å². The number of nitrogens with zero attached hydrogens (tertiary/aromatic N) is 1. The summed E-state index contributed by atoms with van der Waals surface area (Å²) in [5, 5.41) is 0.410. The first kappa shape index (κ1) is 14.8. The molecule has 20 heavy (non-hydrogen) atoms.